The predicted octanol–water partition coefficient (Wildman–Crippen LogP) is 6.53. The highest BCUT2D eigenvalue weighted by molar-refractivity contribution is 5.86. The molecular weight excluding hydrogens is 370 g/mol. The molecule has 0 aromatic heterocycles. The molecule has 0 amide bonds. The lowest BCUT2D eigenvalue weighted by Crippen LogP contribution is -2.23. The summed E-state index contributed by atoms with van der Waals surface area (Å²) in [6, 6.07) is 10.9. The summed E-state index contributed by atoms with van der Waals surface area (Å²) in [7, 11) is 4.36. The average Bonchev–Trinajstić information content (AvgIpc) is 2.70. The van der Waals surface area contributed by atoms with Gasteiger partial charge in [0.1, 0.15) is 0 Å². The van der Waals surface area contributed by atoms with E-state index in [1.807, 2.05) is 0 Å². The summed E-state index contributed by atoms with van der Waals surface area (Å²) in [4.78, 5) is 13.8. The Kier molecular flexibility index (Phi) is 13.4. The number of ether oxygens (including phenoxy) is 1. The smallest absolute Gasteiger partial charge is 0.333 e. The Morgan fingerprint density at radius 2 is 1.60 bits per heavy atom. The van der Waals surface area contributed by atoms with E-state index in [-0.39, 0.29) is 5.97 Å². The summed E-state index contributed by atoms with van der Waals surface area (Å²) >= 11 is 0. The van der Waals surface area contributed by atoms with Crippen molar-refractivity contribution in [3.8, 4) is 0 Å². The first-order valence-corrected chi connectivity index (χ1v) is 11.8. The van der Waals surface area contributed by atoms with Crippen LogP contribution in [0.1, 0.15) is 71.3 Å². The number of carbonyl (C=O) groups excluding carboxylic acids is 1. The third-order valence-corrected chi connectivity index (χ3v) is 5.80. The third kappa shape index (κ3) is 12.8. The molecule has 3 nitrogen and oxygen atoms in total. The summed E-state index contributed by atoms with van der Waals surface area (Å²) in [6.07, 6.45) is 10.0. The molecule has 0 aliphatic carbocycles. The molecule has 0 aliphatic heterocycles. The van der Waals surface area contributed by atoms with Crippen LogP contribution in [-0.4, -0.2) is 38.1 Å². The molecule has 1 rings (SSSR count). The highest BCUT2D eigenvalue weighted by Gasteiger charge is 2.13. The second-order valence-electron chi connectivity index (χ2n) is 9.62. The lowest BCUT2D eigenvalue weighted by molar-refractivity contribution is -0.140. The van der Waals surface area contributed by atoms with Gasteiger partial charge in [0, 0.05) is 12.1 Å². The molecule has 0 saturated carbocycles. The fourth-order valence-corrected chi connectivity index (χ4v) is 3.97. The molecule has 170 valence electrons. The summed E-state index contributed by atoms with van der Waals surface area (Å²) in [5, 5.41) is 0. The monoisotopic (exact) mass is 415 g/mol. The Balaban J connectivity index is 2.19. The molecule has 0 spiro atoms. The summed E-state index contributed by atoms with van der Waals surface area (Å²) in [5.74, 6) is 1.68. The van der Waals surface area contributed by atoms with Gasteiger partial charge in [-0.15, -0.1) is 0 Å². The molecule has 0 heterocycles. The SMILES string of the molecule is C=C(C)C(=O)OCC(C)CCCCCC(C)CCC(Cc1ccccc1)CN(C)C. The van der Waals surface area contributed by atoms with Gasteiger partial charge in [0.15, 0.2) is 0 Å². The highest BCUT2D eigenvalue weighted by atomic mass is 16.5. The topological polar surface area (TPSA) is 29.5 Å². The predicted molar refractivity (Wildman–Crippen MR) is 129 cm³/mol. The van der Waals surface area contributed by atoms with Crippen LogP contribution in [0.5, 0.6) is 0 Å². The van der Waals surface area contributed by atoms with Gasteiger partial charge in [0.25, 0.3) is 0 Å². The van der Waals surface area contributed by atoms with E-state index in [2.05, 4.69) is 69.8 Å². The Hall–Kier alpha value is -1.61. The van der Waals surface area contributed by atoms with E-state index >= 15 is 0 Å². The fourth-order valence-electron chi connectivity index (χ4n) is 3.97. The molecule has 1 aromatic carbocycles. The second-order valence-corrected chi connectivity index (χ2v) is 9.62. The molecule has 0 aliphatic rings. The van der Waals surface area contributed by atoms with Crippen molar-refractivity contribution in [2.45, 2.75) is 72.1 Å². The van der Waals surface area contributed by atoms with Gasteiger partial charge < -0.3 is 9.64 Å². The van der Waals surface area contributed by atoms with E-state index in [0.717, 1.165) is 24.8 Å². The van der Waals surface area contributed by atoms with Gasteiger partial charge in [0.2, 0.25) is 0 Å². The highest BCUT2D eigenvalue weighted by Crippen LogP contribution is 2.22. The first kappa shape index (κ1) is 26.4. The molecule has 3 heteroatoms. The molecule has 0 bridgehead atoms. The summed E-state index contributed by atoms with van der Waals surface area (Å²) in [6.45, 7) is 11.6. The summed E-state index contributed by atoms with van der Waals surface area (Å²) < 4.78 is 5.24. The van der Waals surface area contributed by atoms with E-state index in [1.54, 1.807) is 6.92 Å². The number of unbranched alkanes of at least 4 members (excludes halogenated alkanes) is 2. The average molecular weight is 416 g/mol. The van der Waals surface area contributed by atoms with Crippen molar-refractivity contribution in [1.29, 1.82) is 0 Å². The minimum Gasteiger partial charge on any atom is -0.462 e. The molecule has 3 unspecified atom stereocenters. The number of carbonyl (C=O) groups is 1. The number of esters is 1. The van der Waals surface area contributed by atoms with E-state index in [9.17, 15) is 4.79 Å². The standard InChI is InChI=1S/C27H45NO2/c1-22(2)27(29)30-21-24(4)14-10-7-9-13-23(3)17-18-26(20-28(5)6)19-25-15-11-8-12-16-25/h8,11-12,15-16,23-24,26H,1,7,9-10,13-14,17-21H2,2-6H3. The van der Waals surface area contributed by atoms with E-state index in [1.165, 1.54) is 50.5 Å². The van der Waals surface area contributed by atoms with Gasteiger partial charge in [0.05, 0.1) is 6.61 Å². The number of nitrogens with zero attached hydrogens (tertiary/aromatic N) is 1. The maximum atomic E-state index is 11.4. The van der Waals surface area contributed by atoms with Gasteiger partial charge in [-0.25, -0.2) is 4.79 Å². The van der Waals surface area contributed by atoms with Crippen LogP contribution < -0.4 is 0 Å². The van der Waals surface area contributed by atoms with Crippen molar-refractivity contribution in [2.75, 3.05) is 27.2 Å². The molecule has 0 N–H and O–H groups in total. The number of benzene rings is 1. The van der Waals surface area contributed by atoms with Crippen LogP contribution in [0.3, 0.4) is 0 Å². The number of hydrogen-bond acceptors (Lipinski definition) is 3. The summed E-state index contributed by atoms with van der Waals surface area (Å²) in [5.41, 5.74) is 1.94. The second kappa shape index (κ2) is 15.2. The van der Waals surface area contributed by atoms with E-state index < -0.39 is 0 Å². The van der Waals surface area contributed by atoms with E-state index in [4.69, 9.17) is 4.74 Å². The van der Waals surface area contributed by atoms with Crippen molar-refractivity contribution in [3.05, 3.63) is 48.0 Å². The normalized spacial score (nSPS) is 14.3. The van der Waals surface area contributed by atoms with Gasteiger partial charge in [-0.1, -0.05) is 82.9 Å². The van der Waals surface area contributed by atoms with E-state index in [0.29, 0.717) is 18.1 Å². The molecule has 30 heavy (non-hydrogen) atoms. The molecule has 1 aromatic rings. The van der Waals surface area contributed by atoms with Crippen molar-refractivity contribution < 1.29 is 9.53 Å². The molecule has 0 saturated heterocycles. The quantitative estimate of drug-likeness (QED) is 0.175. The molecular formula is C27H45NO2. The number of rotatable bonds is 16. The Morgan fingerprint density at radius 1 is 0.967 bits per heavy atom. The van der Waals surface area contributed by atoms with Gasteiger partial charge in [-0.2, -0.15) is 0 Å². The van der Waals surface area contributed by atoms with Crippen molar-refractivity contribution >= 4 is 5.97 Å². The number of hydrogen-bond donors (Lipinski definition) is 0. The van der Waals surface area contributed by atoms with Crippen LogP contribution in [0.4, 0.5) is 0 Å². The van der Waals surface area contributed by atoms with Gasteiger partial charge in [-0.05, 0) is 63.6 Å². The third-order valence-electron chi connectivity index (χ3n) is 5.80. The zero-order chi connectivity index (χ0) is 22.4. The Morgan fingerprint density at radius 3 is 2.20 bits per heavy atom. The molecule has 0 fully saturated rings. The maximum absolute atomic E-state index is 11.4. The van der Waals surface area contributed by atoms with Crippen molar-refractivity contribution in [2.24, 2.45) is 17.8 Å². The maximum Gasteiger partial charge on any atom is 0.333 e. The van der Waals surface area contributed by atoms with Crippen molar-refractivity contribution in [3.63, 3.8) is 0 Å². The van der Waals surface area contributed by atoms with Crippen LogP contribution in [-0.2, 0) is 16.0 Å². The van der Waals surface area contributed by atoms with Crippen LogP contribution in [0.25, 0.3) is 0 Å². The Bertz CT molecular complexity index is 596. The minimum atomic E-state index is -0.268. The fraction of sp³-hybridized carbons (Fsp3) is 0.667. The zero-order valence-electron chi connectivity index (χ0n) is 20.2. The Labute approximate surface area is 185 Å². The zero-order valence-corrected chi connectivity index (χ0v) is 20.2. The first-order valence-electron chi connectivity index (χ1n) is 11.8. The van der Waals surface area contributed by atoms with Gasteiger partial charge in [-0.3, -0.25) is 0 Å². The first-order chi connectivity index (χ1) is 14.3. The molecule has 3 atom stereocenters. The molecule has 0 radical (unpaired) electrons. The van der Waals surface area contributed by atoms with Crippen LogP contribution in [0, 0.1) is 17.8 Å². The van der Waals surface area contributed by atoms with Gasteiger partial charge >= 0.3 is 5.97 Å². The van der Waals surface area contributed by atoms with Crippen LogP contribution in [0.15, 0.2) is 42.5 Å². The van der Waals surface area contributed by atoms with Crippen molar-refractivity contribution in [1.82, 2.24) is 4.90 Å². The lowest BCUT2D eigenvalue weighted by atomic mass is 9.89. The van der Waals surface area contributed by atoms with Crippen LogP contribution >= 0.6 is 0 Å². The minimum absolute atomic E-state index is 0.268. The van der Waals surface area contributed by atoms with Crippen LogP contribution in [0.2, 0.25) is 0 Å². The largest absolute Gasteiger partial charge is 0.462 e. The lowest BCUT2D eigenvalue weighted by Gasteiger charge is -2.23.